The summed E-state index contributed by atoms with van der Waals surface area (Å²) in [6.07, 6.45) is 1.68. The summed E-state index contributed by atoms with van der Waals surface area (Å²) in [6, 6.07) is 25.7. The first kappa shape index (κ1) is 25.3. The Bertz CT molecular complexity index is 1550. The third-order valence-electron chi connectivity index (χ3n) is 5.86. The molecule has 4 aromatic rings. The van der Waals surface area contributed by atoms with Gasteiger partial charge in [0.2, 0.25) is 0 Å². The van der Waals surface area contributed by atoms with Crippen LogP contribution in [0.2, 0.25) is 5.02 Å². The predicted molar refractivity (Wildman–Crippen MR) is 151 cm³/mol. The van der Waals surface area contributed by atoms with Gasteiger partial charge in [0.1, 0.15) is 12.4 Å². The molecule has 1 saturated heterocycles. The van der Waals surface area contributed by atoms with Gasteiger partial charge in [-0.25, -0.2) is 0 Å². The molecule has 184 valence electrons. The van der Waals surface area contributed by atoms with Gasteiger partial charge in [0.25, 0.3) is 11.1 Å². The van der Waals surface area contributed by atoms with E-state index in [0.717, 1.165) is 37.5 Å². The van der Waals surface area contributed by atoms with Gasteiger partial charge in [-0.1, -0.05) is 82.1 Å². The van der Waals surface area contributed by atoms with Crippen molar-refractivity contribution in [1.82, 2.24) is 4.90 Å². The maximum absolute atomic E-state index is 13.2. The molecule has 0 saturated carbocycles. The number of imide groups is 1. The normalized spacial score (nSPS) is 14.5. The third kappa shape index (κ3) is 5.64. The number of ketones is 1. The van der Waals surface area contributed by atoms with Gasteiger partial charge in [-0.2, -0.15) is 0 Å². The lowest BCUT2D eigenvalue weighted by Crippen LogP contribution is -2.33. The number of carbonyl (C=O) groups excluding carboxylic acids is 3. The molecule has 2 amide bonds. The van der Waals surface area contributed by atoms with Crippen LogP contribution in [-0.4, -0.2) is 28.4 Å². The number of rotatable bonds is 7. The zero-order valence-corrected chi connectivity index (χ0v) is 22.5. The molecule has 1 aliphatic heterocycles. The molecule has 1 aliphatic rings. The van der Waals surface area contributed by atoms with Crippen LogP contribution >= 0.6 is 39.3 Å². The SMILES string of the molecule is O=C(CN1C(=O)S/C(=C/c2c(OCc3ccc(Cl)cc3)ccc3ccccc23)C1=O)c1ccc(Br)cc1. The van der Waals surface area contributed by atoms with Crippen molar-refractivity contribution < 1.29 is 19.1 Å². The lowest BCUT2D eigenvalue weighted by molar-refractivity contribution is -0.122. The molecule has 4 aromatic carbocycles. The van der Waals surface area contributed by atoms with E-state index in [2.05, 4.69) is 15.9 Å². The molecule has 5 nitrogen and oxygen atoms in total. The summed E-state index contributed by atoms with van der Waals surface area (Å²) in [6.45, 7) is -0.0153. The minimum atomic E-state index is -0.503. The van der Waals surface area contributed by atoms with Crippen molar-refractivity contribution in [2.24, 2.45) is 0 Å². The summed E-state index contributed by atoms with van der Waals surface area (Å²) in [5.41, 5.74) is 2.06. The summed E-state index contributed by atoms with van der Waals surface area (Å²) < 4.78 is 6.97. The van der Waals surface area contributed by atoms with E-state index in [1.165, 1.54) is 0 Å². The molecule has 1 fully saturated rings. The Morgan fingerprint density at radius 3 is 2.43 bits per heavy atom. The Labute approximate surface area is 231 Å². The number of carbonyl (C=O) groups is 3. The van der Waals surface area contributed by atoms with Gasteiger partial charge in [0.15, 0.2) is 5.78 Å². The van der Waals surface area contributed by atoms with Crippen molar-refractivity contribution in [3.05, 3.63) is 116 Å². The van der Waals surface area contributed by atoms with Crippen LogP contribution in [0, 0.1) is 0 Å². The highest BCUT2D eigenvalue weighted by Crippen LogP contribution is 2.37. The van der Waals surface area contributed by atoms with E-state index >= 15 is 0 Å². The Morgan fingerprint density at radius 1 is 0.946 bits per heavy atom. The molecular weight excluding hydrogens is 574 g/mol. The summed E-state index contributed by atoms with van der Waals surface area (Å²) in [4.78, 5) is 39.9. The third-order valence-corrected chi connectivity index (χ3v) is 7.54. The van der Waals surface area contributed by atoms with E-state index < -0.39 is 11.1 Å². The highest BCUT2D eigenvalue weighted by atomic mass is 79.9. The van der Waals surface area contributed by atoms with E-state index in [1.54, 1.807) is 42.5 Å². The first-order chi connectivity index (χ1) is 17.9. The molecule has 0 aliphatic carbocycles. The van der Waals surface area contributed by atoms with Crippen LogP contribution in [0.5, 0.6) is 5.75 Å². The fourth-order valence-electron chi connectivity index (χ4n) is 3.93. The van der Waals surface area contributed by atoms with Crippen LogP contribution in [0.3, 0.4) is 0 Å². The molecule has 0 radical (unpaired) electrons. The van der Waals surface area contributed by atoms with Gasteiger partial charge in [-0.15, -0.1) is 0 Å². The lowest BCUT2D eigenvalue weighted by Gasteiger charge is -2.13. The number of ether oxygens (including phenoxy) is 1. The fourth-order valence-corrected chi connectivity index (χ4v) is 5.14. The quantitative estimate of drug-likeness (QED) is 0.162. The van der Waals surface area contributed by atoms with Crippen molar-refractivity contribution in [2.75, 3.05) is 6.54 Å². The van der Waals surface area contributed by atoms with Crippen molar-refractivity contribution >= 4 is 73.1 Å². The number of thioether (sulfide) groups is 1. The van der Waals surface area contributed by atoms with Crippen molar-refractivity contribution in [3.63, 3.8) is 0 Å². The van der Waals surface area contributed by atoms with Crippen LogP contribution in [0.4, 0.5) is 4.79 Å². The number of fused-ring (bicyclic) bond motifs is 1. The Morgan fingerprint density at radius 2 is 1.68 bits per heavy atom. The van der Waals surface area contributed by atoms with Gasteiger partial charge in [0, 0.05) is 20.6 Å². The van der Waals surface area contributed by atoms with E-state index in [1.807, 2.05) is 48.5 Å². The largest absolute Gasteiger partial charge is 0.488 e. The van der Waals surface area contributed by atoms with Crippen molar-refractivity contribution in [3.8, 4) is 5.75 Å². The van der Waals surface area contributed by atoms with Crippen LogP contribution in [-0.2, 0) is 11.4 Å². The first-order valence-electron chi connectivity index (χ1n) is 11.3. The number of hydrogen-bond acceptors (Lipinski definition) is 5. The van der Waals surface area contributed by atoms with E-state index in [4.69, 9.17) is 16.3 Å². The van der Waals surface area contributed by atoms with Gasteiger partial charge in [-0.05, 0) is 64.5 Å². The molecule has 0 bridgehead atoms. The minimum Gasteiger partial charge on any atom is -0.488 e. The fraction of sp³-hybridized carbons (Fsp3) is 0.0690. The summed E-state index contributed by atoms with van der Waals surface area (Å²) >= 11 is 10.1. The molecule has 8 heteroatoms. The lowest BCUT2D eigenvalue weighted by atomic mass is 10.0. The predicted octanol–water partition coefficient (Wildman–Crippen LogP) is 7.75. The number of benzene rings is 4. The molecular formula is C29H19BrClNO4S. The second-order valence-corrected chi connectivity index (χ2v) is 10.7. The van der Waals surface area contributed by atoms with E-state index in [9.17, 15) is 14.4 Å². The van der Waals surface area contributed by atoms with Crippen LogP contribution in [0.25, 0.3) is 16.8 Å². The summed E-state index contributed by atoms with van der Waals surface area (Å²) in [5.74, 6) is -0.239. The molecule has 5 rings (SSSR count). The molecule has 0 N–H and O–H groups in total. The zero-order valence-electron chi connectivity index (χ0n) is 19.3. The highest BCUT2D eigenvalue weighted by Gasteiger charge is 2.36. The second-order valence-electron chi connectivity index (χ2n) is 8.31. The van der Waals surface area contributed by atoms with E-state index in [0.29, 0.717) is 28.5 Å². The number of hydrogen-bond donors (Lipinski definition) is 0. The maximum atomic E-state index is 13.2. The van der Waals surface area contributed by atoms with Crippen molar-refractivity contribution in [1.29, 1.82) is 0 Å². The molecule has 37 heavy (non-hydrogen) atoms. The summed E-state index contributed by atoms with van der Waals surface area (Å²) in [5, 5.41) is 2.01. The van der Waals surface area contributed by atoms with Gasteiger partial charge in [0.05, 0.1) is 11.4 Å². The van der Waals surface area contributed by atoms with Crippen LogP contribution in [0.15, 0.2) is 94.3 Å². The minimum absolute atomic E-state index is 0.237. The van der Waals surface area contributed by atoms with Gasteiger partial charge < -0.3 is 4.74 Å². The van der Waals surface area contributed by atoms with Crippen LogP contribution in [0.1, 0.15) is 21.5 Å². The van der Waals surface area contributed by atoms with Crippen molar-refractivity contribution in [2.45, 2.75) is 6.61 Å². The number of halogens is 2. The monoisotopic (exact) mass is 591 g/mol. The van der Waals surface area contributed by atoms with Gasteiger partial charge in [-0.3, -0.25) is 19.3 Å². The Hall–Kier alpha value is -3.39. The number of nitrogens with zero attached hydrogens (tertiary/aromatic N) is 1. The Kier molecular flexibility index (Phi) is 7.46. The number of amides is 2. The first-order valence-corrected chi connectivity index (χ1v) is 13.3. The molecule has 1 heterocycles. The molecule has 0 aromatic heterocycles. The molecule has 0 atom stereocenters. The second kappa shape index (κ2) is 10.9. The average molecular weight is 593 g/mol. The topological polar surface area (TPSA) is 63.7 Å². The zero-order chi connectivity index (χ0) is 25.9. The average Bonchev–Trinajstić information content (AvgIpc) is 3.16. The Balaban J connectivity index is 1.44. The van der Waals surface area contributed by atoms with Gasteiger partial charge >= 0.3 is 0 Å². The maximum Gasteiger partial charge on any atom is 0.293 e. The number of Topliss-reactive ketones (excluding diaryl/α,β-unsaturated/α-hetero) is 1. The van der Waals surface area contributed by atoms with Crippen LogP contribution < -0.4 is 4.74 Å². The molecule has 0 spiro atoms. The highest BCUT2D eigenvalue weighted by molar-refractivity contribution is 9.10. The standard InChI is InChI=1S/C29H19BrClNO4S/c30-21-10-7-20(8-11-21)25(33)16-32-28(34)27(37-29(32)35)15-24-23-4-2-1-3-19(23)9-14-26(24)36-17-18-5-12-22(31)13-6-18/h1-15H,16-17H2/b27-15+. The summed E-state index contributed by atoms with van der Waals surface area (Å²) in [7, 11) is 0. The van der Waals surface area contributed by atoms with E-state index in [-0.39, 0.29) is 17.2 Å². The smallest absolute Gasteiger partial charge is 0.293 e. The molecule has 0 unspecified atom stereocenters.